The first kappa shape index (κ1) is 23.3. The number of amides is 1. The number of fused-ring (bicyclic) bond motifs is 1. The molecule has 9 heteroatoms. The molecule has 0 spiro atoms. The van der Waals surface area contributed by atoms with Crippen LogP contribution >= 0.6 is 0 Å². The second-order valence-corrected chi connectivity index (χ2v) is 8.02. The molecule has 5 aromatic rings. The highest BCUT2D eigenvalue weighted by molar-refractivity contribution is 5.94. The van der Waals surface area contributed by atoms with Crippen LogP contribution in [0.1, 0.15) is 15.9 Å². The molecule has 5 rings (SSSR count). The van der Waals surface area contributed by atoms with Gasteiger partial charge in [0.1, 0.15) is 0 Å². The Bertz CT molecular complexity index is 1710. The summed E-state index contributed by atoms with van der Waals surface area (Å²) in [6.45, 7) is 0. The SMILES string of the molecule is O=C(N/N=C\c1ccc(-n2c(-c3ccccc3[N+](=O)[O-])nc3ccccc3c2=O)cc1)c1ccccc1. The molecule has 0 radical (unpaired) electrons. The van der Waals surface area contributed by atoms with Crippen molar-refractivity contribution in [3.8, 4) is 17.1 Å². The summed E-state index contributed by atoms with van der Waals surface area (Å²) in [5, 5.41) is 16.1. The van der Waals surface area contributed by atoms with Crippen LogP contribution < -0.4 is 11.0 Å². The summed E-state index contributed by atoms with van der Waals surface area (Å²) in [6.07, 6.45) is 1.48. The zero-order valence-electron chi connectivity index (χ0n) is 19.3. The van der Waals surface area contributed by atoms with Crippen molar-refractivity contribution in [2.24, 2.45) is 5.10 Å². The molecule has 0 aliphatic carbocycles. The molecule has 1 heterocycles. The van der Waals surface area contributed by atoms with E-state index in [4.69, 9.17) is 0 Å². The van der Waals surface area contributed by atoms with Crippen LogP contribution in [-0.4, -0.2) is 26.6 Å². The molecule has 0 saturated heterocycles. The van der Waals surface area contributed by atoms with Crippen molar-refractivity contribution in [2.45, 2.75) is 0 Å². The van der Waals surface area contributed by atoms with E-state index < -0.39 is 4.92 Å². The van der Waals surface area contributed by atoms with Crippen LogP contribution in [0.15, 0.2) is 113 Å². The third-order valence-corrected chi connectivity index (χ3v) is 5.68. The van der Waals surface area contributed by atoms with Gasteiger partial charge >= 0.3 is 0 Å². The normalized spacial score (nSPS) is 11.0. The molecular formula is C28H19N5O4. The van der Waals surface area contributed by atoms with Gasteiger partial charge in [-0.1, -0.05) is 54.6 Å². The molecule has 180 valence electrons. The third-order valence-electron chi connectivity index (χ3n) is 5.68. The molecule has 0 fully saturated rings. The Hall–Kier alpha value is -5.44. The molecule has 4 aromatic carbocycles. The number of nitro groups is 1. The zero-order chi connectivity index (χ0) is 25.8. The maximum atomic E-state index is 13.6. The third kappa shape index (κ3) is 4.73. The Morgan fingerprint density at radius 1 is 0.892 bits per heavy atom. The fourth-order valence-corrected chi connectivity index (χ4v) is 3.90. The Morgan fingerprint density at radius 3 is 2.32 bits per heavy atom. The van der Waals surface area contributed by atoms with Gasteiger partial charge in [-0.2, -0.15) is 5.10 Å². The number of nitrogens with zero attached hydrogens (tertiary/aromatic N) is 4. The Labute approximate surface area is 210 Å². The number of hydrogen-bond donors (Lipinski definition) is 1. The minimum atomic E-state index is -0.496. The highest BCUT2D eigenvalue weighted by atomic mass is 16.6. The number of para-hydroxylation sites is 2. The molecule has 1 aromatic heterocycles. The van der Waals surface area contributed by atoms with Crippen molar-refractivity contribution >= 4 is 28.7 Å². The Morgan fingerprint density at radius 2 is 1.57 bits per heavy atom. The van der Waals surface area contributed by atoms with Crippen LogP contribution in [0.4, 0.5) is 5.69 Å². The average molecular weight is 489 g/mol. The van der Waals surface area contributed by atoms with E-state index in [-0.39, 0.29) is 28.5 Å². The molecule has 0 aliphatic rings. The minimum Gasteiger partial charge on any atom is -0.268 e. The van der Waals surface area contributed by atoms with Crippen molar-refractivity contribution in [3.63, 3.8) is 0 Å². The van der Waals surface area contributed by atoms with E-state index in [9.17, 15) is 19.7 Å². The van der Waals surface area contributed by atoms with Crippen molar-refractivity contribution < 1.29 is 9.72 Å². The van der Waals surface area contributed by atoms with Crippen LogP contribution in [0, 0.1) is 10.1 Å². The quantitative estimate of drug-likeness (QED) is 0.210. The van der Waals surface area contributed by atoms with E-state index in [1.54, 1.807) is 91.0 Å². The van der Waals surface area contributed by atoms with Crippen molar-refractivity contribution in [1.29, 1.82) is 0 Å². The van der Waals surface area contributed by atoms with E-state index in [0.29, 0.717) is 27.7 Å². The Balaban J connectivity index is 1.54. The highest BCUT2D eigenvalue weighted by Crippen LogP contribution is 2.30. The summed E-state index contributed by atoms with van der Waals surface area (Å²) in [6, 6.07) is 28.6. The van der Waals surface area contributed by atoms with Crippen molar-refractivity contribution in [3.05, 3.63) is 135 Å². The van der Waals surface area contributed by atoms with Gasteiger partial charge < -0.3 is 0 Å². The highest BCUT2D eigenvalue weighted by Gasteiger charge is 2.21. The van der Waals surface area contributed by atoms with Gasteiger partial charge in [0.2, 0.25) is 0 Å². The lowest BCUT2D eigenvalue weighted by molar-refractivity contribution is -0.384. The second kappa shape index (κ2) is 10.0. The first-order valence-electron chi connectivity index (χ1n) is 11.3. The minimum absolute atomic E-state index is 0.156. The van der Waals surface area contributed by atoms with Crippen LogP contribution in [0.3, 0.4) is 0 Å². The van der Waals surface area contributed by atoms with Crippen LogP contribution in [0.25, 0.3) is 28.0 Å². The monoisotopic (exact) mass is 489 g/mol. The van der Waals surface area contributed by atoms with Crippen molar-refractivity contribution in [1.82, 2.24) is 15.0 Å². The maximum absolute atomic E-state index is 13.6. The smallest absolute Gasteiger partial charge is 0.268 e. The molecular weight excluding hydrogens is 470 g/mol. The molecule has 0 aliphatic heterocycles. The number of nitrogens with one attached hydrogen (secondary N) is 1. The summed E-state index contributed by atoms with van der Waals surface area (Å²) in [5.41, 5.74) is 4.26. The number of aromatic nitrogens is 2. The summed E-state index contributed by atoms with van der Waals surface area (Å²) in [4.78, 5) is 41.6. The first-order valence-corrected chi connectivity index (χ1v) is 11.3. The van der Waals surface area contributed by atoms with Crippen molar-refractivity contribution in [2.75, 3.05) is 0 Å². The van der Waals surface area contributed by atoms with Gasteiger partial charge in [0.15, 0.2) is 5.82 Å². The maximum Gasteiger partial charge on any atom is 0.280 e. The summed E-state index contributed by atoms with van der Waals surface area (Å²) in [7, 11) is 0. The molecule has 0 unspecified atom stereocenters. The molecule has 37 heavy (non-hydrogen) atoms. The lowest BCUT2D eigenvalue weighted by Gasteiger charge is -2.14. The van der Waals surface area contributed by atoms with Gasteiger partial charge in [-0.25, -0.2) is 10.4 Å². The number of hydrogen-bond acceptors (Lipinski definition) is 6. The number of carbonyl (C=O) groups is 1. The summed E-state index contributed by atoms with van der Waals surface area (Å²) >= 11 is 0. The molecule has 9 nitrogen and oxygen atoms in total. The molecule has 1 N–H and O–H groups in total. The predicted octanol–water partition coefficient (Wildman–Crippen LogP) is 4.72. The first-order chi connectivity index (χ1) is 18.0. The van der Waals surface area contributed by atoms with Gasteiger partial charge in [-0.15, -0.1) is 0 Å². The van der Waals surface area contributed by atoms with Gasteiger partial charge in [0.05, 0.1) is 33.3 Å². The summed E-state index contributed by atoms with van der Waals surface area (Å²) in [5.74, 6) is -0.177. The standard InChI is InChI=1S/C28H19N5O4/c34-27(20-8-2-1-3-9-20)31-29-18-19-14-16-21(17-15-19)32-26(23-11-5-7-13-25(23)33(36)37)30-24-12-6-4-10-22(24)28(32)35/h1-18H,(H,31,34)/b29-18-. The fourth-order valence-electron chi connectivity index (χ4n) is 3.90. The number of benzene rings is 4. The summed E-state index contributed by atoms with van der Waals surface area (Å²) < 4.78 is 1.36. The van der Waals surface area contributed by atoms with E-state index in [2.05, 4.69) is 15.5 Å². The fraction of sp³-hybridized carbons (Fsp3) is 0. The average Bonchev–Trinajstić information content (AvgIpc) is 2.94. The Kier molecular flexibility index (Phi) is 6.33. The lowest BCUT2D eigenvalue weighted by atomic mass is 10.1. The van der Waals surface area contributed by atoms with E-state index in [0.717, 1.165) is 0 Å². The van der Waals surface area contributed by atoms with Gasteiger partial charge in [-0.05, 0) is 48.0 Å². The van der Waals surface area contributed by atoms with Gasteiger partial charge in [0.25, 0.3) is 17.2 Å². The molecule has 0 bridgehead atoms. The molecule has 1 amide bonds. The van der Waals surface area contributed by atoms with E-state index in [1.165, 1.54) is 16.8 Å². The largest absolute Gasteiger partial charge is 0.280 e. The number of nitro benzene ring substituents is 1. The zero-order valence-corrected chi connectivity index (χ0v) is 19.3. The number of carbonyl (C=O) groups excluding carboxylic acids is 1. The van der Waals surface area contributed by atoms with Crippen LogP contribution in [0.2, 0.25) is 0 Å². The molecule has 0 atom stereocenters. The van der Waals surface area contributed by atoms with Gasteiger partial charge in [0, 0.05) is 11.6 Å². The number of rotatable bonds is 6. The molecule has 0 saturated carbocycles. The van der Waals surface area contributed by atoms with Crippen LogP contribution in [0.5, 0.6) is 0 Å². The van der Waals surface area contributed by atoms with E-state index >= 15 is 0 Å². The predicted molar refractivity (Wildman–Crippen MR) is 141 cm³/mol. The topological polar surface area (TPSA) is 119 Å². The van der Waals surface area contributed by atoms with Crippen LogP contribution in [-0.2, 0) is 0 Å². The second-order valence-electron chi connectivity index (χ2n) is 8.02. The number of hydrazone groups is 1. The lowest BCUT2D eigenvalue weighted by Crippen LogP contribution is -2.22. The van der Waals surface area contributed by atoms with E-state index in [1.807, 2.05) is 6.07 Å². The van der Waals surface area contributed by atoms with Gasteiger partial charge in [-0.3, -0.25) is 24.3 Å².